The highest BCUT2D eigenvalue weighted by Gasteiger charge is 2.28. The Balaban J connectivity index is 1.59. The lowest BCUT2D eigenvalue weighted by Gasteiger charge is -2.09. The van der Waals surface area contributed by atoms with E-state index < -0.39 is 0 Å². The highest BCUT2D eigenvalue weighted by molar-refractivity contribution is 6.30. The molecule has 2 heteroatoms. The van der Waals surface area contributed by atoms with Gasteiger partial charge < -0.3 is 0 Å². The fourth-order valence-corrected chi connectivity index (χ4v) is 3.92. The Kier molecular flexibility index (Phi) is 3.70. The van der Waals surface area contributed by atoms with Crippen molar-refractivity contribution in [3.63, 3.8) is 0 Å². The lowest BCUT2D eigenvalue weighted by Crippen LogP contribution is -1.98. The van der Waals surface area contributed by atoms with Gasteiger partial charge in [0.25, 0.3) is 0 Å². The van der Waals surface area contributed by atoms with Crippen LogP contribution in [0.1, 0.15) is 15.9 Å². The molecule has 1 nitrogen and oxygen atoms in total. The molecule has 0 saturated heterocycles. The van der Waals surface area contributed by atoms with E-state index in [2.05, 4.69) is 24.3 Å². The number of hydrogen-bond acceptors (Lipinski definition) is 1. The lowest BCUT2D eigenvalue weighted by atomic mass is 9.94. The smallest absolute Gasteiger partial charge is 0.194 e. The average Bonchev–Trinajstić information content (AvgIpc) is 3.02. The third-order valence-corrected chi connectivity index (χ3v) is 5.38. The Morgan fingerprint density at radius 2 is 1.00 bits per heavy atom. The van der Waals surface area contributed by atoms with Gasteiger partial charge in [-0.2, -0.15) is 0 Å². The molecule has 0 aliphatic heterocycles. The monoisotopic (exact) mass is 366 g/mol. The Hall–Kier alpha value is -3.16. The Morgan fingerprint density at radius 3 is 1.70 bits per heavy atom. The van der Waals surface area contributed by atoms with Gasteiger partial charge in [0.15, 0.2) is 5.78 Å². The fraction of sp³-hybridized carbons (Fsp3) is 0. The molecule has 1 aliphatic rings. The van der Waals surface area contributed by atoms with Gasteiger partial charge in [-0.15, -0.1) is 0 Å². The summed E-state index contributed by atoms with van der Waals surface area (Å²) < 4.78 is 0. The molecular formula is C25H15ClO. The zero-order chi connectivity index (χ0) is 18.4. The molecule has 1 aliphatic carbocycles. The molecule has 0 saturated carbocycles. The van der Waals surface area contributed by atoms with E-state index in [0.717, 1.165) is 49.5 Å². The second kappa shape index (κ2) is 6.22. The minimum Gasteiger partial charge on any atom is -0.289 e. The summed E-state index contributed by atoms with van der Waals surface area (Å²) in [6, 6.07) is 30.1. The van der Waals surface area contributed by atoms with Crippen LogP contribution in [0.4, 0.5) is 0 Å². The van der Waals surface area contributed by atoms with Crippen LogP contribution in [0.25, 0.3) is 33.4 Å². The normalized spacial score (nSPS) is 12.0. The SMILES string of the molecule is O=C1c2ccccc2-c2cccc(-c3ccc(-c4ccc(Cl)cc4)cc3)c21. The van der Waals surface area contributed by atoms with E-state index in [-0.39, 0.29) is 5.78 Å². The highest BCUT2D eigenvalue weighted by Crippen LogP contribution is 2.41. The summed E-state index contributed by atoms with van der Waals surface area (Å²) in [4.78, 5) is 13.0. The number of fused-ring (bicyclic) bond motifs is 3. The predicted molar refractivity (Wildman–Crippen MR) is 111 cm³/mol. The van der Waals surface area contributed by atoms with Gasteiger partial charge in [-0.1, -0.05) is 90.5 Å². The largest absolute Gasteiger partial charge is 0.289 e. The van der Waals surface area contributed by atoms with Crippen LogP contribution in [0, 0.1) is 0 Å². The molecule has 0 atom stereocenters. The first-order valence-corrected chi connectivity index (χ1v) is 9.24. The third kappa shape index (κ3) is 2.59. The quantitative estimate of drug-likeness (QED) is 0.332. The van der Waals surface area contributed by atoms with Crippen LogP contribution in [-0.2, 0) is 0 Å². The molecule has 0 unspecified atom stereocenters. The van der Waals surface area contributed by atoms with Gasteiger partial charge in [-0.25, -0.2) is 0 Å². The average molecular weight is 367 g/mol. The summed E-state index contributed by atoms with van der Waals surface area (Å²) >= 11 is 5.98. The second-order valence-corrected chi connectivity index (χ2v) is 7.12. The standard InChI is InChI=1S/C25H15ClO/c26-19-14-12-17(13-15-19)16-8-10-18(11-9-16)20-6-3-7-22-21-4-1-2-5-23(21)25(27)24(20)22/h1-15H. The van der Waals surface area contributed by atoms with Crippen molar-refractivity contribution in [1.82, 2.24) is 0 Å². The first-order valence-electron chi connectivity index (χ1n) is 8.86. The first-order chi connectivity index (χ1) is 13.2. The molecule has 27 heavy (non-hydrogen) atoms. The van der Waals surface area contributed by atoms with Gasteiger partial charge in [0, 0.05) is 16.1 Å². The van der Waals surface area contributed by atoms with E-state index in [1.165, 1.54) is 0 Å². The summed E-state index contributed by atoms with van der Waals surface area (Å²) in [6.45, 7) is 0. The minimum absolute atomic E-state index is 0.109. The van der Waals surface area contributed by atoms with E-state index in [1.54, 1.807) is 0 Å². The van der Waals surface area contributed by atoms with Crippen molar-refractivity contribution in [1.29, 1.82) is 0 Å². The number of benzene rings is 4. The Bertz CT molecular complexity index is 1170. The molecule has 4 aromatic carbocycles. The molecule has 0 N–H and O–H groups in total. The van der Waals surface area contributed by atoms with Gasteiger partial charge in [0.05, 0.1) is 0 Å². The van der Waals surface area contributed by atoms with Gasteiger partial charge in [0.1, 0.15) is 0 Å². The van der Waals surface area contributed by atoms with E-state index >= 15 is 0 Å². The highest BCUT2D eigenvalue weighted by atomic mass is 35.5. The summed E-state index contributed by atoms with van der Waals surface area (Å²) in [5.74, 6) is 0.109. The zero-order valence-corrected chi connectivity index (χ0v) is 15.2. The number of hydrogen-bond donors (Lipinski definition) is 0. The van der Waals surface area contributed by atoms with Crippen LogP contribution in [0.3, 0.4) is 0 Å². The maximum atomic E-state index is 13.0. The zero-order valence-electron chi connectivity index (χ0n) is 14.4. The van der Waals surface area contributed by atoms with E-state index in [9.17, 15) is 4.79 Å². The summed E-state index contributed by atoms with van der Waals surface area (Å²) in [5.41, 5.74) is 7.91. The second-order valence-electron chi connectivity index (χ2n) is 6.69. The molecule has 128 valence electrons. The molecule has 0 heterocycles. The van der Waals surface area contributed by atoms with E-state index in [0.29, 0.717) is 0 Å². The topological polar surface area (TPSA) is 17.1 Å². The molecule has 5 rings (SSSR count). The van der Waals surface area contributed by atoms with Crippen molar-refractivity contribution in [3.05, 3.63) is 107 Å². The Labute approximate surface area is 162 Å². The third-order valence-electron chi connectivity index (χ3n) is 5.13. The molecular weight excluding hydrogens is 352 g/mol. The molecule has 0 bridgehead atoms. The number of halogens is 1. The molecule has 0 spiro atoms. The summed E-state index contributed by atoms with van der Waals surface area (Å²) in [6.07, 6.45) is 0. The number of carbonyl (C=O) groups is 1. The van der Waals surface area contributed by atoms with Gasteiger partial charge in [-0.05, 0) is 45.5 Å². The van der Waals surface area contributed by atoms with Crippen molar-refractivity contribution in [2.45, 2.75) is 0 Å². The molecule has 4 aromatic rings. The van der Waals surface area contributed by atoms with Crippen LogP contribution in [0.15, 0.2) is 91.0 Å². The molecule has 0 fully saturated rings. The van der Waals surface area contributed by atoms with E-state index in [1.807, 2.05) is 66.7 Å². The van der Waals surface area contributed by atoms with Gasteiger partial charge in [0.2, 0.25) is 0 Å². The van der Waals surface area contributed by atoms with Crippen LogP contribution >= 0.6 is 11.6 Å². The maximum Gasteiger partial charge on any atom is 0.194 e. The van der Waals surface area contributed by atoms with Crippen molar-refractivity contribution in [2.24, 2.45) is 0 Å². The number of carbonyl (C=O) groups excluding carboxylic acids is 1. The van der Waals surface area contributed by atoms with Crippen molar-refractivity contribution in [2.75, 3.05) is 0 Å². The van der Waals surface area contributed by atoms with E-state index in [4.69, 9.17) is 11.6 Å². The van der Waals surface area contributed by atoms with Crippen LogP contribution in [0.2, 0.25) is 5.02 Å². The minimum atomic E-state index is 0.109. The Morgan fingerprint density at radius 1 is 0.481 bits per heavy atom. The van der Waals surface area contributed by atoms with Crippen molar-refractivity contribution >= 4 is 17.4 Å². The van der Waals surface area contributed by atoms with Crippen LogP contribution in [-0.4, -0.2) is 5.78 Å². The fourth-order valence-electron chi connectivity index (χ4n) is 3.80. The maximum absolute atomic E-state index is 13.0. The molecule has 0 aromatic heterocycles. The number of ketones is 1. The van der Waals surface area contributed by atoms with Crippen LogP contribution < -0.4 is 0 Å². The van der Waals surface area contributed by atoms with Crippen LogP contribution in [0.5, 0.6) is 0 Å². The van der Waals surface area contributed by atoms with Gasteiger partial charge >= 0.3 is 0 Å². The van der Waals surface area contributed by atoms with Crippen molar-refractivity contribution < 1.29 is 4.79 Å². The van der Waals surface area contributed by atoms with Gasteiger partial charge in [-0.3, -0.25) is 4.79 Å². The van der Waals surface area contributed by atoms with Crippen molar-refractivity contribution in [3.8, 4) is 33.4 Å². The molecule has 0 amide bonds. The molecule has 0 radical (unpaired) electrons. The summed E-state index contributed by atoms with van der Waals surface area (Å²) in [7, 11) is 0. The number of rotatable bonds is 2. The lowest BCUT2D eigenvalue weighted by molar-refractivity contribution is 0.104. The summed E-state index contributed by atoms with van der Waals surface area (Å²) in [5, 5.41) is 0.730. The first kappa shape index (κ1) is 16.0. The predicted octanol–water partition coefficient (Wildman–Crippen LogP) is 6.89.